The van der Waals surface area contributed by atoms with E-state index in [1.807, 2.05) is 0 Å². The zero-order valence-electron chi connectivity index (χ0n) is 20.4. The molecule has 2 aromatic heterocycles. The number of halogens is 1. The smallest absolute Gasteiger partial charge is 0.322 e. The highest BCUT2D eigenvalue weighted by Gasteiger charge is 2.17. The van der Waals surface area contributed by atoms with Crippen LogP contribution in [0.4, 0.5) is 20.7 Å². The van der Waals surface area contributed by atoms with E-state index in [0.29, 0.717) is 34.8 Å². The number of aromatic nitrogens is 2. The van der Waals surface area contributed by atoms with E-state index < -0.39 is 6.03 Å². The predicted molar refractivity (Wildman–Crippen MR) is 139 cm³/mol. The fraction of sp³-hybridized carbons (Fsp3) is 0.185. The Bertz CT molecular complexity index is 1470. The van der Waals surface area contributed by atoms with Crippen molar-refractivity contribution >= 4 is 34.3 Å². The zero-order chi connectivity index (χ0) is 26.4. The summed E-state index contributed by atoms with van der Waals surface area (Å²) in [5.41, 5.74) is 2.01. The van der Waals surface area contributed by atoms with E-state index in [0.717, 1.165) is 10.9 Å². The lowest BCUT2D eigenvalue weighted by Gasteiger charge is -2.23. The highest BCUT2D eigenvalue weighted by molar-refractivity contribution is 5.90. The molecular formula is C27H26FN5O4. The molecule has 0 aliphatic carbocycles. The fourth-order valence-corrected chi connectivity index (χ4v) is 3.77. The number of urea groups is 1. The van der Waals surface area contributed by atoms with Crippen LogP contribution in [0.1, 0.15) is 18.1 Å². The van der Waals surface area contributed by atoms with Crippen LogP contribution >= 0.6 is 0 Å². The highest BCUT2D eigenvalue weighted by Crippen LogP contribution is 2.20. The van der Waals surface area contributed by atoms with Gasteiger partial charge in [0, 0.05) is 29.9 Å². The molecule has 37 heavy (non-hydrogen) atoms. The minimum atomic E-state index is -0.443. The van der Waals surface area contributed by atoms with E-state index in [4.69, 9.17) is 4.74 Å². The third-order valence-electron chi connectivity index (χ3n) is 5.68. The van der Waals surface area contributed by atoms with Gasteiger partial charge in [0.1, 0.15) is 17.4 Å². The number of ether oxygens (including phenoxy) is 1. The van der Waals surface area contributed by atoms with Crippen LogP contribution in [0.3, 0.4) is 0 Å². The number of benzene rings is 2. The van der Waals surface area contributed by atoms with Crippen LogP contribution in [0.5, 0.6) is 5.75 Å². The van der Waals surface area contributed by atoms with Crippen LogP contribution < -0.4 is 20.9 Å². The van der Waals surface area contributed by atoms with Crippen molar-refractivity contribution < 1.29 is 18.7 Å². The molecule has 0 fully saturated rings. The summed E-state index contributed by atoms with van der Waals surface area (Å²) in [6, 6.07) is 15.8. The van der Waals surface area contributed by atoms with Gasteiger partial charge in [0.25, 0.3) is 5.56 Å². The van der Waals surface area contributed by atoms with Gasteiger partial charge >= 0.3 is 6.03 Å². The maximum Gasteiger partial charge on any atom is 0.322 e. The minimum Gasteiger partial charge on any atom is -0.497 e. The second-order valence-corrected chi connectivity index (χ2v) is 8.42. The summed E-state index contributed by atoms with van der Waals surface area (Å²) in [7, 11) is 1.56. The third-order valence-corrected chi connectivity index (χ3v) is 5.68. The number of nitrogens with one attached hydrogen (secondary N) is 3. The molecule has 0 aliphatic heterocycles. The van der Waals surface area contributed by atoms with Crippen molar-refractivity contribution in [3.8, 4) is 5.75 Å². The molecule has 4 aromatic rings. The molecule has 0 aliphatic rings. The number of H-pyrrole nitrogens is 1. The molecule has 0 spiro atoms. The van der Waals surface area contributed by atoms with E-state index in [1.54, 1.807) is 55.6 Å². The van der Waals surface area contributed by atoms with Gasteiger partial charge < -0.3 is 25.3 Å². The number of hydrogen-bond donors (Lipinski definition) is 3. The molecule has 0 bridgehead atoms. The van der Waals surface area contributed by atoms with Gasteiger partial charge in [-0.15, -0.1) is 0 Å². The van der Waals surface area contributed by atoms with Gasteiger partial charge in [0.05, 0.1) is 25.5 Å². The number of nitrogens with zero attached hydrogens (tertiary/aromatic N) is 2. The third kappa shape index (κ3) is 6.69. The molecular weight excluding hydrogens is 477 g/mol. The lowest BCUT2D eigenvalue weighted by Crippen LogP contribution is -2.37. The first-order chi connectivity index (χ1) is 17.8. The second-order valence-electron chi connectivity index (χ2n) is 8.42. The van der Waals surface area contributed by atoms with Crippen molar-refractivity contribution in [1.82, 2.24) is 14.9 Å². The summed E-state index contributed by atoms with van der Waals surface area (Å²) in [4.78, 5) is 45.7. The average Bonchev–Trinajstić information content (AvgIpc) is 2.88. The lowest BCUT2D eigenvalue weighted by atomic mass is 10.1. The number of carbonyl (C=O) groups is 2. The summed E-state index contributed by atoms with van der Waals surface area (Å²) in [6.07, 6.45) is 1.88. The molecule has 3 N–H and O–H groups in total. The Morgan fingerprint density at radius 2 is 1.84 bits per heavy atom. The number of amides is 3. The lowest BCUT2D eigenvalue weighted by molar-refractivity contribution is -0.114. The Balaban J connectivity index is 1.57. The van der Waals surface area contributed by atoms with Crippen LogP contribution in [0.25, 0.3) is 10.9 Å². The van der Waals surface area contributed by atoms with Crippen LogP contribution in [0, 0.1) is 5.82 Å². The minimum absolute atomic E-state index is 0.0346. The second kappa shape index (κ2) is 11.3. The molecule has 190 valence electrons. The number of carbonyl (C=O) groups excluding carboxylic acids is 2. The van der Waals surface area contributed by atoms with Crippen molar-refractivity contribution in [1.29, 1.82) is 0 Å². The number of pyridine rings is 2. The van der Waals surface area contributed by atoms with E-state index in [2.05, 4.69) is 20.6 Å². The van der Waals surface area contributed by atoms with Crippen LogP contribution in [0.2, 0.25) is 0 Å². The van der Waals surface area contributed by atoms with Crippen LogP contribution in [0.15, 0.2) is 71.7 Å². The largest absolute Gasteiger partial charge is 0.497 e. The van der Waals surface area contributed by atoms with Crippen LogP contribution in [-0.2, 0) is 17.8 Å². The summed E-state index contributed by atoms with van der Waals surface area (Å²) < 4.78 is 18.6. The van der Waals surface area contributed by atoms with Gasteiger partial charge in [-0.05, 0) is 60.5 Å². The number of rotatable bonds is 8. The zero-order valence-corrected chi connectivity index (χ0v) is 20.4. The Hall–Kier alpha value is -4.73. The Morgan fingerprint density at radius 1 is 1.05 bits per heavy atom. The number of aromatic amines is 1. The first-order valence-corrected chi connectivity index (χ1v) is 11.5. The number of fused-ring (bicyclic) bond motifs is 1. The Kier molecular flexibility index (Phi) is 7.77. The van der Waals surface area contributed by atoms with Crippen molar-refractivity contribution in [2.75, 3.05) is 24.3 Å². The van der Waals surface area contributed by atoms with E-state index >= 15 is 0 Å². The normalized spacial score (nSPS) is 10.7. The molecule has 10 heteroatoms. The SMILES string of the molecule is COc1ccc2[nH]c(=O)c(CN(CCc3ccc(F)cc3)C(=O)Nc3ccc(NC(C)=O)nc3)cc2c1. The standard InChI is InChI=1S/C27H26FN5O4/c1-17(34)30-25-10-7-22(15-29-25)31-27(36)33(12-11-18-3-5-21(28)6-4-18)16-20-13-19-14-23(37-2)8-9-24(19)32-26(20)35/h3-10,13-15H,11-12,16H2,1-2H3,(H,31,36)(H,32,35)(H,29,30,34). The maximum absolute atomic E-state index is 13.3. The van der Waals surface area contributed by atoms with Gasteiger partial charge in [-0.2, -0.15) is 0 Å². The first-order valence-electron chi connectivity index (χ1n) is 11.5. The molecule has 0 radical (unpaired) electrons. The summed E-state index contributed by atoms with van der Waals surface area (Å²) >= 11 is 0. The van der Waals surface area contributed by atoms with Crippen molar-refractivity contribution in [3.05, 3.63) is 94.2 Å². The summed E-state index contributed by atoms with van der Waals surface area (Å²) in [6.45, 7) is 1.68. The first kappa shape index (κ1) is 25.4. The molecule has 2 aromatic carbocycles. The van der Waals surface area contributed by atoms with E-state index in [-0.39, 0.29) is 30.4 Å². The molecule has 4 rings (SSSR count). The quantitative estimate of drug-likeness (QED) is 0.331. The van der Waals surface area contributed by atoms with Crippen molar-refractivity contribution in [2.45, 2.75) is 19.9 Å². The highest BCUT2D eigenvalue weighted by atomic mass is 19.1. The Morgan fingerprint density at radius 3 is 2.51 bits per heavy atom. The molecule has 0 saturated heterocycles. The van der Waals surface area contributed by atoms with Gasteiger partial charge in [0.15, 0.2) is 0 Å². The van der Waals surface area contributed by atoms with Gasteiger partial charge in [0.2, 0.25) is 5.91 Å². The predicted octanol–water partition coefficient (Wildman–Crippen LogP) is 4.31. The average molecular weight is 504 g/mol. The topological polar surface area (TPSA) is 116 Å². The van der Waals surface area contributed by atoms with Gasteiger partial charge in [-0.25, -0.2) is 14.2 Å². The number of anilines is 2. The fourth-order valence-electron chi connectivity index (χ4n) is 3.77. The number of methoxy groups -OCH3 is 1. The monoisotopic (exact) mass is 503 g/mol. The molecule has 0 atom stereocenters. The molecule has 0 saturated carbocycles. The molecule has 9 nitrogen and oxygen atoms in total. The van der Waals surface area contributed by atoms with E-state index in [9.17, 15) is 18.8 Å². The maximum atomic E-state index is 13.3. The molecule has 3 amide bonds. The molecule has 2 heterocycles. The van der Waals surface area contributed by atoms with Gasteiger partial charge in [-0.3, -0.25) is 9.59 Å². The summed E-state index contributed by atoms with van der Waals surface area (Å²) in [5, 5.41) is 6.12. The Labute approximate surface area is 212 Å². The molecule has 0 unspecified atom stereocenters. The van der Waals surface area contributed by atoms with Crippen molar-refractivity contribution in [2.24, 2.45) is 0 Å². The van der Waals surface area contributed by atoms with Gasteiger partial charge in [-0.1, -0.05) is 12.1 Å². The summed E-state index contributed by atoms with van der Waals surface area (Å²) in [5.74, 6) is 0.407. The van der Waals surface area contributed by atoms with Crippen molar-refractivity contribution in [3.63, 3.8) is 0 Å². The van der Waals surface area contributed by atoms with Crippen LogP contribution in [-0.4, -0.2) is 40.5 Å². The number of hydrogen-bond acceptors (Lipinski definition) is 5. The van der Waals surface area contributed by atoms with E-state index in [1.165, 1.54) is 30.2 Å².